The van der Waals surface area contributed by atoms with Gasteiger partial charge in [-0.1, -0.05) is 41.4 Å². The van der Waals surface area contributed by atoms with Crippen LogP contribution in [-0.2, 0) is 6.54 Å². The Morgan fingerprint density at radius 3 is 2.55 bits per heavy atom. The third-order valence-electron chi connectivity index (χ3n) is 3.27. The largest absolute Gasteiger partial charge is 0.370 e. The lowest BCUT2D eigenvalue weighted by Crippen LogP contribution is -2.16. The predicted octanol–water partition coefficient (Wildman–Crippen LogP) is 4.49. The molecule has 0 heterocycles. The summed E-state index contributed by atoms with van der Waals surface area (Å²) in [7, 11) is 2.02. The Morgan fingerprint density at radius 2 is 1.95 bits per heavy atom. The van der Waals surface area contributed by atoms with E-state index in [1.165, 1.54) is 18.1 Å². The van der Waals surface area contributed by atoms with Gasteiger partial charge in [-0.05, 0) is 37.6 Å². The molecule has 0 atom stereocenters. The highest BCUT2D eigenvalue weighted by molar-refractivity contribution is 6.34. The van der Waals surface area contributed by atoms with Gasteiger partial charge in [0, 0.05) is 24.8 Å². The summed E-state index contributed by atoms with van der Waals surface area (Å²) in [5, 5.41) is 0.506. The maximum absolute atomic E-state index is 11.4. The molecular formula is C17H18ClNO. The van der Waals surface area contributed by atoms with Crippen LogP contribution < -0.4 is 4.90 Å². The van der Waals surface area contributed by atoms with Gasteiger partial charge in [-0.3, -0.25) is 4.79 Å². The minimum atomic E-state index is -0.0112. The van der Waals surface area contributed by atoms with E-state index in [0.717, 1.165) is 12.2 Å². The average Bonchev–Trinajstić information content (AvgIpc) is 2.38. The maximum atomic E-state index is 11.4. The van der Waals surface area contributed by atoms with Crippen molar-refractivity contribution in [2.75, 3.05) is 11.9 Å². The fourth-order valence-electron chi connectivity index (χ4n) is 2.20. The van der Waals surface area contributed by atoms with Gasteiger partial charge < -0.3 is 4.90 Å². The molecule has 0 unspecified atom stereocenters. The summed E-state index contributed by atoms with van der Waals surface area (Å²) >= 11 is 6.15. The Morgan fingerprint density at radius 1 is 1.20 bits per heavy atom. The number of Topliss-reactive ketones (excluding diaryl/α,β-unsaturated/α-hetero) is 1. The highest BCUT2D eigenvalue weighted by Gasteiger charge is 2.09. The number of anilines is 1. The molecule has 0 amide bonds. The van der Waals surface area contributed by atoms with Gasteiger partial charge in [0.1, 0.15) is 0 Å². The number of carbonyl (C=O) groups excluding carboxylic acids is 1. The van der Waals surface area contributed by atoms with Crippen molar-refractivity contribution in [3.05, 3.63) is 64.2 Å². The average molecular weight is 288 g/mol. The third-order valence-corrected chi connectivity index (χ3v) is 3.59. The number of halogens is 1. The number of hydrogen-bond donors (Lipinski definition) is 0. The second-order valence-corrected chi connectivity index (χ2v) is 5.47. The first-order chi connectivity index (χ1) is 9.47. The van der Waals surface area contributed by atoms with Gasteiger partial charge in [-0.2, -0.15) is 0 Å². The van der Waals surface area contributed by atoms with Crippen LogP contribution >= 0.6 is 11.6 Å². The topological polar surface area (TPSA) is 20.3 Å². The molecule has 0 saturated heterocycles. The fraction of sp³-hybridized carbons (Fsp3) is 0.235. The highest BCUT2D eigenvalue weighted by atomic mass is 35.5. The molecule has 0 spiro atoms. The van der Waals surface area contributed by atoms with E-state index in [4.69, 9.17) is 11.6 Å². The van der Waals surface area contributed by atoms with Gasteiger partial charge >= 0.3 is 0 Å². The summed E-state index contributed by atoms with van der Waals surface area (Å²) in [5.41, 5.74) is 4.07. The van der Waals surface area contributed by atoms with Crippen LogP contribution in [0.5, 0.6) is 0 Å². The zero-order valence-corrected chi connectivity index (χ0v) is 12.7. The molecule has 0 aliphatic carbocycles. The predicted molar refractivity (Wildman–Crippen MR) is 84.7 cm³/mol. The number of ketones is 1. The highest BCUT2D eigenvalue weighted by Crippen LogP contribution is 2.24. The van der Waals surface area contributed by atoms with E-state index in [2.05, 4.69) is 36.1 Å². The summed E-state index contributed by atoms with van der Waals surface area (Å²) < 4.78 is 0. The monoisotopic (exact) mass is 287 g/mol. The lowest BCUT2D eigenvalue weighted by Gasteiger charge is -2.20. The van der Waals surface area contributed by atoms with E-state index in [1.54, 1.807) is 6.07 Å². The smallest absolute Gasteiger partial charge is 0.161 e. The molecule has 20 heavy (non-hydrogen) atoms. The Bertz CT molecular complexity index is 637. The lowest BCUT2D eigenvalue weighted by atomic mass is 10.1. The first kappa shape index (κ1) is 14.6. The van der Waals surface area contributed by atoms with Crippen LogP contribution in [0.1, 0.15) is 28.4 Å². The van der Waals surface area contributed by atoms with Gasteiger partial charge in [0.25, 0.3) is 0 Å². The zero-order valence-electron chi connectivity index (χ0n) is 12.0. The first-order valence-corrected chi connectivity index (χ1v) is 6.92. The molecule has 2 aromatic carbocycles. The third kappa shape index (κ3) is 3.40. The number of nitrogens with zero attached hydrogens (tertiary/aromatic N) is 1. The lowest BCUT2D eigenvalue weighted by molar-refractivity contribution is 0.101. The van der Waals surface area contributed by atoms with Crippen LogP contribution in [0, 0.1) is 6.92 Å². The summed E-state index contributed by atoms with van der Waals surface area (Å²) in [6.45, 7) is 4.41. The first-order valence-electron chi connectivity index (χ1n) is 6.54. The second-order valence-electron chi connectivity index (χ2n) is 5.07. The van der Waals surface area contributed by atoms with E-state index in [9.17, 15) is 4.79 Å². The SMILES string of the molecule is CC(=O)c1ccc(N(C)Cc2cccc(C)c2)cc1Cl. The molecular weight excluding hydrogens is 270 g/mol. The van der Waals surface area contributed by atoms with Crippen molar-refractivity contribution in [3.63, 3.8) is 0 Å². The van der Waals surface area contributed by atoms with Crippen molar-refractivity contribution in [2.24, 2.45) is 0 Å². The molecule has 0 bridgehead atoms. The van der Waals surface area contributed by atoms with Crippen molar-refractivity contribution in [1.29, 1.82) is 0 Å². The van der Waals surface area contributed by atoms with Crippen LogP contribution in [0.3, 0.4) is 0 Å². The second kappa shape index (κ2) is 6.10. The molecule has 2 nitrogen and oxygen atoms in total. The zero-order chi connectivity index (χ0) is 14.7. The molecule has 0 aliphatic heterocycles. The van der Waals surface area contributed by atoms with E-state index in [0.29, 0.717) is 10.6 Å². The summed E-state index contributed by atoms with van der Waals surface area (Å²) in [6, 6.07) is 14.0. The molecule has 0 N–H and O–H groups in total. The van der Waals surface area contributed by atoms with Crippen molar-refractivity contribution in [2.45, 2.75) is 20.4 Å². The molecule has 2 aromatic rings. The summed E-state index contributed by atoms with van der Waals surface area (Å²) in [6.07, 6.45) is 0. The minimum Gasteiger partial charge on any atom is -0.370 e. The quantitative estimate of drug-likeness (QED) is 0.772. The van der Waals surface area contributed by atoms with Gasteiger partial charge in [0.2, 0.25) is 0 Å². The van der Waals surface area contributed by atoms with Crippen LogP contribution in [0.25, 0.3) is 0 Å². The van der Waals surface area contributed by atoms with Gasteiger partial charge in [-0.15, -0.1) is 0 Å². The fourth-order valence-corrected chi connectivity index (χ4v) is 2.51. The Labute approximate surface area is 125 Å². The van der Waals surface area contributed by atoms with Gasteiger partial charge in [-0.25, -0.2) is 0 Å². The molecule has 3 heteroatoms. The molecule has 0 fully saturated rings. The number of carbonyl (C=O) groups is 1. The minimum absolute atomic E-state index is 0.0112. The Kier molecular flexibility index (Phi) is 4.46. The van der Waals surface area contributed by atoms with Crippen molar-refractivity contribution in [1.82, 2.24) is 0 Å². The van der Waals surface area contributed by atoms with Crippen LogP contribution in [0.15, 0.2) is 42.5 Å². The van der Waals surface area contributed by atoms with Crippen molar-refractivity contribution < 1.29 is 4.79 Å². The summed E-state index contributed by atoms with van der Waals surface area (Å²) in [5.74, 6) is -0.0112. The van der Waals surface area contributed by atoms with Crippen LogP contribution in [-0.4, -0.2) is 12.8 Å². The number of hydrogen-bond acceptors (Lipinski definition) is 2. The van der Waals surface area contributed by atoms with E-state index in [-0.39, 0.29) is 5.78 Å². The van der Waals surface area contributed by atoms with Gasteiger partial charge in [0.05, 0.1) is 5.02 Å². The Balaban J connectivity index is 2.19. The molecule has 0 aliphatic rings. The van der Waals surface area contributed by atoms with Crippen molar-refractivity contribution >= 4 is 23.1 Å². The van der Waals surface area contributed by atoms with E-state index < -0.39 is 0 Å². The molecule has 104 valence electrons. The van der Waals surface area contributed by atoms with Crippen LogP contribution in [0.4, 0.5) is 5.69 Å². The molecule has 0 saturated carbocycles. The maximum Gasteiger partial charge on any atom is 0.161 e. The van der Waals surface area contributed by atoms with E-state index in [1.807, 2.05) is 19.2 Å². The Hall–Kier alpha value is -1.80. The summed E-state index contributed by atoms with van der Waals surface area (Å²) in [4.78, 5) is 13.5. The molecule has 2 rings (SSSR count). The van der Waals surface area contributed by atoms with Crippen molar-refractivity contribution in [3.8, 4) is 0 Å². The number of rotatable bonds is 4. The standard InChI is InChI=1S/C17H18ClNO/c1-12-5-4-6-14(9-12)11-19(3)15-7-8-16(13(2)20)17(18)10-15/h4-10H,11H2,1-3H3. The van der Waals surface area contributed by atoms with E-state index >= 15 is 0 Å². The van der Waals surface area contributed by atoms with Crippen LogP contribution in [0.2, 0.25) is 5.02 Å². The number of benzene rings is 2. The molecule has 0 radical (unpaired) electrons. The number of aryl methyl sites for hydroxylation is 1. The normalized spacial score (nSPS) is 10.4. The van der Waals surface area contributed by atoms with Gasteiger partial charge in [0.15, 0.2) is 5.78 Å². The molecule has 0 aromatic heterocycles.